The molecule has 0 unspecified atom stereocenters. The number of hydrogen-bond acceptors (Lipinski definition) is 3. The van der Waals surface area contributed by atoms with Crippen molar-refractivity contribution in [3.05, 3.63) is 99.3 Å². The van der Waals surface area contributed by atoms with E-state index >= 15 is 0 Å². The molecule has 0 aliphatic carbocycles. The molecule has 30 heavy (non-hydrogen) atoms. The van der Waals surface area contributed by atoms with Crippen LogP contribution in [0, 0.1) is 0 Å². The number of benzene rings is 3. The van der Waals surface area contributed by atoms with Crippen LogP contribution in [0.2, 0.25) is 15.1 Å². The van der Waals surface area contributed by atoms with Gasteiger partial charge in [-0.1, -0.05) is 46.9 Å². The highest BCUT2D eigenvalue weighted by Crippen LogP contribution is 2.24. The van der Waals surface area contributed by atoms with Gasteiger partial charge in [-0.15, -0.1) is 5.10 Å². The van der Waals surface area contributed by atoms with Crippen molar-refractivity contribution in [3.8, 4) is 17.1 Å². The Labute approximate surface area is 188 Å². The van der Waals surface area contributed by atoms with Crippen LogP contribution < -0.4 is 5.32 Å². The number of carbonyl (C=O) groups excluding carboxylic acids is 1. The van der Waals surface area contributed by atoms with Crippen molar-refractivity contribution in [1.82, 2.24) is 20.1 Å². The summed E-state index contributed by atoms with van der Waals surface area (Å²) in [5.74, 6) is 0.197. The van der Waals surface area contributed by atoms with Crippen LogP contribution in [0.15, 0.2) is 72.8 Å². The van der Waals surface area contributed by atoms with Crippen LogP contribution in [0.25, 0.3) is 17.1 Å². The van der Waals surface area contributed by atoms with Gasteiger partial charge in [0.25, 0.3) is 5.91 Å². The monoisotopic (exact) mass is 456 g/mol. The summed E-state index contributed by atoms with van der Waals surface area (Å²) in [5, 5.41) is 9.12. The van der Waals surface area contributed by atoms with Crippen LogP contribution in [0.3, 0.4) is 0 Å². The topological polar surface area (TPSA) is 59.8 Å². The van der Waals surface area contributed by atoms with E-state index in [0.717, 1.165) is 16.8 Å². The molecule has 0 saturated carbocycles. The van der Waals surface area contributed by atoms with Crippen LogP contribution in [0.1, 0.15) is 16.2 Å². The van der Waals surface area contributed by atoms with E-state index in [4.69, 9.17) is 34.8 Å². The SMILES string of the molecule is O=C(NCc1ccc(Cl)cc1)c1nc(-c2ccc(Cl)cc2)n(-c2ccc(Cl)cc2)n1. The molecule has 8 heteroatoms. The second-order valence-electron chi connectivity index (χ2n) is 6.46. The minimum atomic E-state index is -0.382. The average Bonchev–Trinajstić information content (AvgIpc) is 3.20. The van der Waals surface area contributed by atoms with Gasteiger partial charge in [-0.25, -0.2) is 9.67 Å². The summed E-state index contributed by atoms with van der Waals surface area (Å²) in [6.45, 7) is 0.335. The zero-order valence-corrected chi connectivity index (χ0v) is 17.8. The predicted octanol–water partition coefficient (Wildman–Crippen LogP) is 5.82. The number of nitrogens with zero attached hydrogens (tertiary/aromatic N) is 3. The molecule has 4 aromatic rings. The molecule has 1 heterocycles. The molecule has 5 nitrogen and oxygen atoms in total. The quantitative estimate of drug-likeness (QED) is 0.410. The lowest BCUT2D eigenvalue weighted by molar-refractivity contribution is 0.0940. The number of amides is 1. The minimum absolute atomic E-state index is 0.0591. The molecule has 3 aromatic carbocycles. The largest absolute Gasteiger partial charge is 0.345 e. The van der Waals surface area contributed by atoms with Crippen molar-refractivity contribution >= 4 is 40.7 Å². The first-order valence-corrected chi connectivity index (χ1v) is 10.1. The molecule has 0 bridgehead atoms. The first kappa shape index (κ1) is 20.4. The van der Waals surface area contributed by atoms with Gasteiger partial charge in [-0.3, -0.25) is 4.79 Å². The van der Waals surface area contributed by atoms with E-state index in [1.807, 2.05) is 36.4 Å². The molecule has 1 amide bonds. The maximum atomic E-state index is 12.7. The molecule has 0 atom stereocenters. The fourth-order valence-corrected chi connectivity index (χ4v) is 3.20. The lowest BCUT2D eigenvalue weighted by Gasteiger charge is -2.06. The molecule has 0 radical (unpaired) electrons. The van der Waals surface area contributed by atoms with E-state index in [1.54, 1.807) is 41.1 Å². The predicted molar refractivity (Wildman–Crippen MR) is 119 cm³/mol. The number of halogens is 3. The second kappa shape index (κ2) is 8.88. The van der Waals surface area contributed by atoms with Crippen molar-refractivity contribution in [2.75, 3.05) is 0 Å². The lowest BCUT2D eigenvalue weighted by Crippen LogP contribution is -2.24. The van der Waals surface area contributed by atoms with E-state index in [0.29, 0.717) is 27.4 Å². The molecule has 1 N–H and O–H groups in total. The Bertz CT molecular complexity index is 1110. The van der Waals surface area contributed by atoms with Gasteiger partial charge in [0.1, 0.15) is 0 Å². The molecule has 0 saturated heterocycles. The molecular formula is C22H15Cl3N4O. The number of rotatable bonds is 5. The Morgan fingerprint density at radius 2 is 1.33 bits per heavy atom. The smallest absolute Gasteiger partial charge is 0.291 e. The van der Waals surface area contributed by atoms with Crippen molar-refractivity contribution < 1.29 is 4.79 Å². The second-order valence-corrected chi connectivity index (χ2v) is 7.77. The fraction of sp³-hybridized carbons (Fsp3) is 0.0455. The van der Waals surface area contributed by atoms with E-state index in [9.17, 15) is 4.79 Å². The third-order valence-electron chi connectivity index (χ3n) is 4.35. The van der Waals surface area contributed by atoms with Gasteiger partial charge >= 0.3 is 0 Å². The first-order valence-electron chi connectivity index (χ1n) is 9.01. The van der Waals surface area contributed by atoms with Crippen molar-refractivity contribution in [1.29, 1.82) is 0 Å². The van der Waals surface area contributed by atoms with Crippen LogP contribution in [-0.4, -0.2) is 20.7 Å². The van der Waals surface area contributed by atoms with Gasteiger partial charge in [0, 0.05) is 27.2 Å². The zero-order chi connectivity index (χ0) is 21.1. The Hall–Kier alpha value is -2.86. The molecule has 4 rings (SSSR count). The molecule has 0 spiro atoms. The van der Waals surface area contributed by atoms with Crippen LogP contribution >= 0.6 is 34.8 Å². The van der Waals surface area contributed by atoms with E-state index in [-0.39, 0.29) is 11.7 Å². The third kappa shape index (κ3) is 4.65. The molecular weight excluding hydrogens is 443 g/mol. The standard InChI is InChI=1S/C22H15Cl3N4O/c23-16-5-1-14(2-6-16)13-26-22(30)20-27-21(15-3-7-17(24)8-4-15)29(28-20)19-11-9-18(25)10-12-19/h1-12H,13H2,(H,26,30). The van der Waals surface area contributed by atoms with Gasteiger partial charge < -0.3 is 5.32 Å². The Morgan fingerprint density at radius 1 is 0.800 bits per heavy atom. The maximum Gasteiger partial charge on any atom is 0.291 e. The number of nitrogens with one attached hydrogen (secondary N) is 1. The highest BCUT2D eigenvalue weighted by atomic mass is 35.5. The highest BCUT2D eigenvalue weighted by molar-refractivity contribution is 6.31. The van der Waals surface area contributed by atoms with E-state index in [1.165, 1.54) is 0 Å². The zero-order valence-electron chi connectivity index (χ0n) is 15.5. The Balaban J connectivity index is 1.65. The summed E-state index contributed by atoms with van der Waals surface area (Å²) in [5.41, 5.74) is 2.43. The summed E-state index contributed by atoms with van der Waals surface area (Å²) in [4.78, 5) is 17.2. The average molecular weight is 458 g/mol. The van der Waals surface area contributed by atoms with Crippen molar-refractivity contribution in [3.63, 3.8) is 0 Å². The van der Waals surface area contributed by atoms with Crippen LogP contribution in [0.5, 0.6) is 0 Å². The fourth-order valence-electron chi connectivity index (χ4n) is 2.82. The number of aromatic nitrogens is 3. The molecule has 0 fully saturated rings. The summed E-state index contributed by atoms with van der Waals surface area (Å²) in [7, 11) is 0. The molecule has 150 valence electrons. The maximum absolute atomic E-state index is 12.7. The van der Waals surface area contributed by atoms with E-state index in [2.05, 4.69) is 15.4 Å². The van der Waals surface area contributed by atoms with Crippen LogP contribution in [-0.2, 0) is 6.54 Å². The highest BCUT2D eigenvalue weighted by Gasteiger charge is 2.18. The molecule has 0 aliphatic heterocycles. The van der Waals surface area contributed by atoms with Crippen LogP contribution in [0.4, 0.5) is 0 Å². The summed E-state index contributed by atoms with van der Waals surface area (Å²) in [6, 6.07) is 21.6. The Morgan fingerprint density at radius 3 is 1.93 bits per heavy atom. The molecule has 1 aromatic heterocycles. The lowest BCUT2D eigenvalue weighted by atomic mass is 10.2. The number of carbonyl (C=O) groups is 1. The van der Waals surface area contributed by atoms with Gasteiger partial charge in [0.05, 0.1) is 5.69 Å². The summed E-state index contributed by atoms with van der Waals surface area (Å²) >= 11 is 17.9. The van der Waals surface area contributed by atoms with Crippen molar-refractivity contribution in [2.45, 2.75) is 6.54 Å². The summed E-state index contributed by atoms with van der Waals surface area (Å²) in [6.07, 6.45) is 0. The van der Waals surface area contributed by atoms with Gasteiger partial charge in [-0.2, -0.15) is 0 Å². The third-order valence-corrected chi connectivity index (χ3v) is 5.11. The Kier molecular flexibility index (Phi) is 6.04. The number of hydrogen-bond donors (Lipinski definition) is 1. The van der Waals surface area contributed by atoms with E-state index < -0.39 is 0 Å². The normalized spacial score (nSPS) is 10.8. The van der Waals surface area contributed by atoms with Gasteiger partial charge in [-0.05, 0) is 66.2 Å². The van der Waals surface area contributed by atoms with Gasteiger partial charge in [0.15, 0.2) is 5.82 Å². The molecule has 0 aliphatic rings. The summed E-state index contributed by atoms with van der Waals surface area (Å²) < 4.78 is 1.61. The van der Waals surface area contributed by atoms with Crippen molar-refractivity contribution in [2.24, 2.45) is 0 Å². The first-order chi connectivity index (χ1) is 14.5. The minimum Gasteiger partial charge on any atom is -0.345 e. The van der Waals surface area contributed by atoms with Gasteiger partial charge in [0.2, 0.25) is 5.82 Å².